The van der Waals surface area contributed by atoms with Gasteiger partial charge in [-0.3, -0.25) is 14.0 Å². The van der Waals surface area contributed by atoms with Gasteiger partial charge in [0.2, 0.25) is 0 Å². The molecule has 4 aliphatic heterocycles. The lowest BCUT2D eigenvalue weighted by molar-refractivity contribution is -0.0713. The van der Waals surface area contributed by atoms with E-state index in [1.54, 1.807) is 52.7 Å². The Bertz CT molecular complexity index is 2010. The summed E-state index contributed by atoms with van der Waals surface area (Å²) in [5.74, 6) is 5.23. The normalized spacial score (nSPS) is 22.9. The van der Waals surface area contributed by atoms with Crippen molar-refractivity contribution in [3.63, 3.8) is 0 Å². The Kier molecular flexibility index (Phi) is 20.3. The van der Waals surface area contributed by atoms with Gasteiger partial charge in [-0.2, -0.15) is 8.42 Å². The molecule has 0 spiro atoms. The van der Waals surface area contributed by atoms with E-state index in [9.17, 15) is 13.5 Å². The molecule has 7 rings (SSSR count). The van der Waals surface area contributed by atoms with E-state index in [1.807, 2.05) is 6.92 Å². The van der Waals surface area contributed by atoms with Crippen molar-refractivity contribution in [3.8, 4) is 23.0 Å². The fourth-order valence-corrected chi connectivity index (χ4v) is 11.1. The molecule has 0 aromatic heterocycles. The maximum atomic E-state index is 12.5. The zero-order valence-electron chi connectivity index (χ0n) is 38.6. The van der Waals surface area contributed by atoms with E-state index in [-0.39, 0.29) is 57.8 Å². The van der Waals surface area contributed by atoms with Crippen LogP contribution in [-0.2, 0) is 36.6 Å². The first-order chi connectivity index (χ1) is 29.8. The van der Waals surface area contributed by atoms with Gasteiger partial charge in [0.15, 0.2) is 23.0 Å². The van der Waals surface area contributed by atoms with Crippen LogP contribution in [0.15, 0.2) is 53.4 Å². The van der Waals surface area contributed by atoms with Gasteiger partial charge in [0, 0.05) is 38.3 Å². The highest BCUT2D eigenvalue weighted by Gasteiger charge is 2.41. The molecule has 2 fully saturated rings. The zero-order chi connectivity index (χ0) is 44.6. The van der Waals surface area contributed by atoms with Gasteiger partial charge < -0.3 is 33.5 Å². The van der Waals surface area contributed by atoms with Crippen LogP contribution in [-0.4, -0.2) is 117 Å². The molecule has 4 heterocycles. The molecule has 12 nitrogen and oxygen atoms in total. The molecule has 13 heteroatoms. The summed E-state index contributed by atoms with van der Waals surface area (Å²) < 4.78 is 64.9. The lowest BCUT2D eigenvalue weighted by Crippen LogP contribution is -2.49. The third kappa shape index (κ3) is 12.9. The van der Waals surface area contributed by atoms with Crippen molar-refractivity contribution in [1.29, 1.82) is 0 Å². The second-order valence-corrected chi connectivity index (χ2v) is 19.8. The number of aliphatic hydroxyl groups excluding tert-OH is 1. The summed E-state index contributed by atoms with van der Waals surface area (Å²) in [5.41, 5.74) is 6.26. The van der Waals surface area contributed by atoms with Crippen LogP contribution in [0.2, 0.25) is 0 Å². The lowest BCUT2D eigenvalue weighted by Gasteiger charge is -2.47. The summed E-state index contributed by atoms with van der Waals surface area (Å²) in [6.45, 7) is 15.8. The molecule has 3 aromatic carbocycles. The Morgan fingerprint density at radius 3 is 1.47 bits per heavy atom. The summed E-state index contributed by atoms with van der Waals surface area (Å²) in [6.07, 6.45) is 6.31. The van der Waals surface area contributed by atoms with Crippen LogP contribution in [0.1, 0.15) is 108 Å². The van der Waals surface area contributed by atoms with Crippen LogP contribution in [0.25, 0.3) is 0 Å². The fourth-order valence-electron chi connectivity index (χ4n) is 10.2. The first-order valence-corrected chi connectivity index (χ1v) is 24.0. The third-order valence-electron chi connectivity index (χ3n) is 13.1. The number of hydrogen-bond donors (Lipinski definition) is 1. The van der Waals surface area contributed by atoms with E-state index < -0.39 is 10.1 Å². The van der Waals surface area contributed by atoms with E-state index in [1.165, 1.54) is 22.3 Å². The number of benzene rings is 3. The number of rotatable bonds is 17. The van der Waals surface area contributed by atoms with Crippen molar-refractivity contribution < 1.29 is 46.1 Å². The molecule has 1 N–H and O–H groups in total. The third-order valence-corrected chi connectivity index (χ3v) is 14.4. The molecule has 0 amide bonds. The summed E-state index contributed by atoms with van der Waals surface area (Å²) in [7, 11) is 2.92. The van der Waals surface area contributed by atoms with Crippen LogP contribution in [0.4, 0.5) is 0 Å². The average molecular weight is 913 g/mol. The molecular formula is C51H80N2O10S. The Morgan fingerprint density at radius 1 is 0.641 bits per heavy atom. The zero-order valence-corrected chi connectivity index (χ0v) is 39.4. The Labute approximate surface area is 386 Å². The number of methoxy groups -OCH3 is 4. The highest BCUT2D eigenvalue weighted by molar-refractivity contribution is 7.86. The lowest BCUT2D eigenvalue weighted by atomic mass is 9.79. The van der Waals surface area contributed by atoms with E-state index in [2.05, 4.69) is 61.8 Å². The van der Waals surface area contributed by atoms with E-state index in [0.29, 0.717) is 36.3 Å². The Balaban J connectivity index is 0.000000285. The molecule has 64 heavy (non-hydrogen) atoms. The average Bonchev–Trinajstić information content (AvgIpc) is 3.26. The molecule has 4 aliphatic rings. The van der Waals surface area contributed by atoms with Gasteiger partial charge in [0.1, 0.15) is 0 Å². The quantitative estimate of drug-likeness (QED) is 0.103. The molecule has 3 aromatic rings. The van der Waals surface area contributed by atoms with Gasteiger partial charge in [0.25, 0.3) is 10.1 Å². The van der Waals surface area contributed by atoms with E-state index in [0.717, 1.165) is 93.3 Å². The van der Waals surface area contributed by atoms with Crippen molar-refractivity contribution in [3.05, 3.63) is 76.3 Å². The first kappa shape index (κ1) is 53.2. The second-order valence-electron chi connectivity index (χ2n) is 18.2. The number of piperidine rings is 2. The van der Waals surface area contributed by atoms with Crippen LogP contribution in [0.3, 0.4) is 0 Å². The summed E-state index contributed by atoms with van der Waals surface area (Å²) >= 11 is 0. The topological polar surface area (TPSA) is 125 Å². The van der Waals surface area contributed by atoms with E-state index >= 15 is 0 Å². The van der Waals surface area contributed by atoms with Crippen LogP contribution in [0, 0.1) is 30.6 Å². The largest absolute Gasteiger partial charge is 0.493 e. The van der Waals surface area contributed by atoms with Crippen LogP contribution in [0.5, 0.6) is 23.0 Å². The molecule has 0 saturated carbocycles. The van der Waals surface area contributed by atoms with Gasteiger partial charge in [0.05, 0.1) is 72.0 Å². The number of ether oxygens (including phenoxy) is 6. The summed E-state index contributed by atoms with van der Waals surface area (Å²) in [6, 6.07) is 15.8. The minimum atomic E-state index is -3.80. The number of aliphatic hydroxyl groups is 1. The standard InChI is InChI=1S/C28H39NO6S.C21H33NO4.2CH4/c1-19(2)14-22-18-29-11-10-21-15-27(32-4)28(33-5)16-24(21)25(29)17-26(22)34-12-13-35-36(30,31)23-8-6-20(3)7-9-23;1-14(2)9-16-13-22-6-5-15-10-20(24-3)21(25-4)11-17(15)18(22)12-19(16)26-8-7-23;;/h6-9,15-16,19,22,25-26H,10-14,17-18H2,1-5H3;10-11,14,16,18-19,23H,5-9,12-13H2,1-4H3;2*1H4/t22-,25-,26-;16-,18-,19-;;/m11../s1. The predicted octanol–water partition coefficient (Wildman–Crippen LogP) is 9.09. The van der Waals surface area contributed by atoms with Gasteiger partial charge >= 0.3 is 0 Å². The van der Waals surface area contributed by atoms with Crippen LogP contribution >= 0.6 is 0 Å². The summed E-state index contributed by atoms with van der Waals surface area (Å²) in [5, 5.41) is 9.22. The van der Waals surface area contributed by atoms with Crippen molar-refractivity contribution in [2.24, 2.45) is 23.7 Å². The van der Waals surface area contributed by atoms with Crippen LogP contribution < -0.4 is 18.9 Å². The Morgan fingerprint density at radius 2 is 1.06 bits per heavy atom. The monoisotopic (exact) mass is 913 g/mol. The number of fused-ring (bicyclic) bond motifs is 6. The first-order valence-electron chi connectivity index (χ1n) is 22.6. The van der Waals surface area contributed by atoms with Crippen molar-refractivity contribution in [2.45, 2.75) is 117 Å². The molecule has 0 radical (unpaired) electrons. The predicted molar refractivity (Wildman–Crippen MR) is 255 cm³/mol. The fraction of sp³-hybridized carbons (Fsp3) is 0.647. The Hall–Kier alpha value is -3.43. The van der Waals surface area contributed by atoms with Gasteiger partial charge in [-0.25, -0.2) is 0 Å². The number of aryl methyl sites for hydroxylation is 1. The highest BCUT2D eigenvalue weighted by atomic mass is 32.2. The molecule has 0 aliphatic carbocycles. The number of nitrogens with zero attached hydrogens (tertiary/aromatic N) is 2. The smallest absolute Gasteiger partial charge is 0.297 e. The van der Waals surface area contributed by atoms with Gasteiger partial charge in [-0.1, -0.05) is 60.2 Å². The second kappa shape index (κ2) is 24.4. The molecule has 0 unspecified atom stereocenters. The molecule has 6 atom stereocenters. The van der Waals surface area contributed by atoms with Crippen molar-refractivity contribution in [2.75, 3.05) is 81.0 Å². The molecule has 360 valence electrons. The summed E-state index contributed by atoms with van der Waals surface area (Å²) in [4.78, 5) is 5.35. The highest BCUT2D eigenvalue weighted by Crippen LogP contribution is 2.46. The van der Waals surface area contributed by atoms with E-state index in [4.69, 9.17) is 32.6 Å². The SMILES string of the molecule is C.C.COc1cc2c(cc1OC)[C@H]1C[C@@H](OCCO)[C@H](CC(C)C)CN1CC2.COc1cc2c(cc1OC)[C@H]1C[C@@H](OCCOS(=O)(=O)c3ccc(C)cc3)[C@H](CC(C)C)CN1CC2. The van der Waals surface area contributed by atoms with Crippen molar-refractivity contribution >= 4 is 10.1 Å². The maximum absolute atomic E-state index is 12.5. The van der Waals surface area contributed by atoms with Crippen molar-refractivity contribution in [1.82, 2.24) is 9.80 Å². The molecule has 2 saturated heterocycles. The van der Waals surface area contributed by atoms with Gasteiger partial charge in [-0.05, 0) is 128 Å². The maximum Gasteiger partial charge on any atom is 0.297 e. The number of hydrogen-bond acceptors (Lipinski definition) is 12. The minimum Gasteiger partial charge on any atom is -0.493 e. The molecule has 0 bridgehead atoms. The minimum absolute atomic E-state index is 0. The molecular weight excluding hydrogens is 833 g/mol. The van der Waals surface area contributed by atoms with Gasteiger partial charge in [-0.15, -0.1) is 0 Å².